The lowest BCUT2D eigenvalue weighted by Crippen LogP contribution is -2.17. The quantitative estimate of drug-likeness (QED) is 0.256. The van der Waals surface area contributed by atoms with Crippen molar-refractivity contribution in [2.45, 2.75) is 45.1 Å². The summed E-state index contributed by atoms with van der Waals surface area (Å²) in [5.41, 5.74) is 6.31. The molecule has 0 aliphatic carbocycles. The highest BCUT2D eigenvalue weighted by atomic mass is 35.5. The molecule has 4 aromatic rings. The standard InChI is InChI=1S/C26H27ClN4OS/c1-16-8-6-7-9-20(16)28-22(32)15-33-23-14-21(26(3,4)5)29-25-24(17(2)30-31(23)25)18-10-12-19(27)13-11-18/h6-14H,15H2,1-5H3,(H,28,32). The van der Waals surface area contributed by atoms with E-state index in [0.717, 1.165) is 44.4 Å². The number of aromatic nitrogens is 3. The lowest BCUT2D eigenvalue weighted by atomic mass is 9.92. The first-order valence-electron chi connectivity index (χ1n) is 10.8. The third kappa shape index (κ3) is 5.07. The minimum Gasteiger partial charge on any atom is -0.325 e. The first kappa shape index (κ1) is 23.3. The van der Waals surface area contributed by atoms with Crippen LogP contribution in [-0.2, 0) is 10.2 Å². The summed E-state index contributed by atoms with van der Waals surface area (Å²) >= 11 is 7.56. The van der Waals surface area contributed by atoms with Crippen molar-refractivity contribution >= 4 is 40.6 Å². The van der Waals surface area contributed by atoms with Crippen LogP contribution in [0.15, 0.2) is 59.6 Å². The van der Waals surface area contributed by atoms with Crippen LogP contribution >= 0.6 is 23.4 Å². The number of halogens is 1. The number of fused-ring (bicyclic) bond motifs is 1. The van der Waals surface area contributed by atoms with E-state index < -0.39 is 0 Å². The number of benzene rings is 2. The number of aryl methyl sites for hydroxylation is 2. The molecule has 2 heterocycles. The molecule has 33 heavy (non-hydrogen) atoms. The number of para-hydroxylation sites is 1. The number of thioether (sulfide) groups is 1. The Labute approximate surface area is 203 Å². The summed E-state index contributed by atoms with van der Waals surface area (Å²) in [7, 11) is 0. The van der Waals surface area contributed by atoms with Gasteiger partial charge >= 0.3 is 0 Å². The van der Waals surface area contributed by atoms with Crippen molar-refractivity contribution in [3.63, 3.8) is 0 Å². The Hall–Kier alpha value is -2.83. The van der Waals surface area contributed by atoms with E-state index >= 15 is 0 Å². The van der Waals surface area contributed by atoms with E-state index in [1.165, 1.54) is 11.8 Å². The van der Waals surface area contributed by atoms with E-state index in [2.05, 4.69) is 26.1 Å². The largest absolute Gasteiger partial charge is 0.325 e. The number of nitrogens with one attached hydrogen (secondary N) is 1. The van der Waals surface area contributed by atoms with Crippen LogP contribution in [0.3, 0.4) is 0 Å². The van der Waals surface area contributed by atoms with E-state index in [-0.39, 0.29) is 17.1 Å². The molecule has 0 atom stereocenters. The van der Waals surface area contributed by atoms with E-state index in [9.17, 15) is 4.79 Å². The molecule has 2 aromatic carbocycles. The third-order valence-electron chi connectivity index (χ3n) is 5.40. The molecule has 0 bridgehead atoms. The molecule has 1 amide bonds. The van der Waals surface area contributed by atoms with Crippen LogP contribution in [0.1, 0.15) is 37.7 Å². The summed E-state index contributed by atoms with van der Waals surface area (Å²) in [6.07, 6.45) is 0. The van der Waals surface area contributed by atoms with Gasteiger partial charge in [0.25, 0.3) is 0 Å². The molecule has 0 spiro atoms. The number of anilines is 1. The first-order chi connectivity index (χ1) is 15.6. The van der Waals surface area contributed by atoms with Crippen LogP contribution in [0.25, 0.3) is 16.8 Å². The predicted octanol–water partition coefficient (Wildman–Crippen LogP) is 6.69. The molecule has 0 saturated carbocycles. The van der Waals surface area contributed by atoms with Gasteiger partial charge in [0.2, 0.25) is 5.91 Å². The summed E-state index contributed by atoms with van der Waals surface area (Å²) < 4.78 is 1.85. The number of amides is 1. The van der Waals surface area contributed by atoms with E-state index in [1.807, 2.05) is 73.0 Å². The van der Waals surface area contributed by atoms with Gasteiger partial charge in [-0.25, -0.2) is 9.50 Å². The molecular formula is C26H27ClN4OS. The van der Waals surface area contributed by atoms with Gasteiger partial charge in [-0.1, -0.05) is 74.5 Å². The molecule has 2 aromatic heterocycles. The van der Waals surface area contributed by atoms with Crippen molar-refractivity contribution in [1.82, 2.24) is 14.6 Å². The molecule has 5 nitrogen and oxygen atoms in total. The molecule has 0 saturated heterocycles. The van der Waals surface area contributed by atoms with Crippen LogP contribution in [0, 0.1) is 13.8 Å². The Bertz CT molecular complexity index is 1320. The van der Waals surface area contributed by atoms with Crippen molar-refractivity contribution < 1.29 is 4.79 Å². The molecular weight excluding hydrogens is 452 g/mol. The Kier molecular flexibility index (Phi) is 6.50. The number of carbonyl (C=O) groups excluding carboxylic acids is 1. The Morgan fingerprint density at radius 3 is 2.45 bits per heavy atom. The van der Waals surface area contributed by atoms with Crippen molar-refractivity contribution in [1.29, 1.82) is 0 Å². The average molecular weight is 479 g/mol. The lowest BCUT2D eigenvalue weighted by Gasteiger charge is -2.19. The number of hydrogen-bond donors (Lipinski definition) is 1. The Morgan fingerprint density at radius 1 is 1.09 bits per heavy atom. The van der Waals surface area contributed by atoms with Gasteiger partial charge in [0.15, 0.2) is 5.65 Å². The van der Waals surface area contributed by atoms with Crippen LogP contribution < -0.4 is 5.32 Å². The SMILES string of the molecule is Cc1ccccc1NC(=O)CSc1cc(C(C)(C)C)nc2c(-c3ccc(Cl)cc3)c(C)nn12. The highest BCUT2D eigenvalue weighted by molar-refractivity contribution is 7.99. The second-order valence-electron chi connectivity index (χ2n) is 9.08. The summed E-state index contributed by atoms with van der Waals surface area (Å²) in [5.74, 6) is 0.213. The molecule has 0 unspecified atom stereocenters. The van der Waals surface area contributed by atoms with Gasteiger partial charge in [0, 0.05) is 21.7 Å². The van der Waals surface area contributed by atoms with Gasteiger partial charge in [0.1, 0.15) is 5.03 Å². The van der Waals surface area contributed by atoms with Gasteiger partial charge in [-0.3, -0.25) is 4.79 Å². The minimum atomic E-state index is -0.157. The Morgan fingerprint density at radius 2 is 1.79 bits per heavy atom. The van der Waals surface area contributed by atoms with Crippen molar-refractivity contribution in [2.24, 2.45) is 0 Å². The maximum absolute atomic E-state index is 12.7. The fraction of sp³-hybridized carbons (Fsp3) is 0.269. The van der Waals surface area contributed by atoms with E-state index in [0.29, 0.717) is 5.02 Å². The molecule has 7 heteroatoms. The zero-order valence-corrected chi connectivity index (χ0v) is 21.0. The fourth-order valence-electron chi connectivity index (χ4n) is 3.58. The topological polar surface area (TPSA) is 59.3 Å². The average Bonchev–Trinajstić information content (AvgIpc) is 3.09. The first-order valence-corrected chi connectivity index (χ1v) is 12.1. The van der Waals surface area contributed by atoms with Crippen molar-refractivity contribution in [3.05, 3.63) is 76.6 Å². The van der Waals surface area contributed by atoms with E-state index in [4.69, 9.17) is 21.7 Å². The third-order valence-corrected chi connectivity index (χ3v) is 6.65. The minimum absolute atomic E-state index is 0.0571. The van der Waals surface area contributed by atoms with Gasteiger partial charge in [-0.15, -0.1) is 0 Å². The second kappa shape index (κ2) is 9.20. The van der Waals surface area contributed by atoms with Crippen molar-refractivity contribution in [3.8, 4) is 11.1 Å². The molecule has 4 rings (SSSR count). The monoisotopic (exact) mass is 478 g/mol. The molecule has 0 radical (unpaired) electrons. The summed E-state index contributed by atoms with van der Waals surface area (Å²) in [4.78, 5) is 17.7. The van der Waals surface area contributed by atoms with Gasteiger partial charge in [-0.2, -0.15) is 5.10 Å². The smallest absolute Gasteiger partial charge is 0.234 e. The van der Waals surface area contributed by atoms with Gasteiger partial charge in [-0.05, 0) is 49.2 Å². The van der Waals surface area contributed by atoms with Crippen LogP contribution in [0.5, 0.6) is 0 Å². The van der Waals surface area contributed by atoms with Crippen LogP contribution in [0.4, 0.5) is 5.69 Å². The highest BCUT2D eigenvalue weighted by Gasteiger charge is 2.23. The van der Waals surface area contributed by atoms with Gasteiger partial charge < -0.3 is 5.32 Å². The van der Waals surface area contributed by atoms with Crippen molar-refractivity contribution in [2.75, 3.05) is 11.1 Å². The number of nitrogens with zero attached hydrogens (tertiary/aromatic N) is 3. The fourth-order valence-corrected chi connectivity index (χ4v) is 4.50. The van der Waals surface area contributed by atoms with Crippen LogP contribution in [0.2, 0.25) is 5.02 Å². The van der Waals surface area contributed by atoms with E-state index in [1.54, 1.807) is 0 Å². The number of hydrogen-bond acceptors (Lipinski definition) is 4. The highest BCUT2D eigenvalue weighted by Crippen LogP contribution is 2.33. The molecule has 0 fully saturated rings. The zero-order valence-electron chi connectivity index (χ0n) is 19.4. The number of rotatable bonds is 5. The second-order valence-corrected chi connectivity index (χ2v) is 10.5. The zero-order chi connectivity index (χ0) is 23.8. The maximum Gasteiger partial charge on any atom is 0.234 e. The summed E-state index contributed by atoms with van der Waals surface area (Å²) in [6.45, 7) is 10.4. The molecule has 1 N–H and O–H groups in total. The van der Waals surface area contributed by atoms with Crippen LogP contribution in [-0.4, -0.2) is 26.3 Å². The normalized spacial score (nSPS) is 11.7. The molecule has 170 valence electrons. The maximum atomic E-state index is 12.7. The number of carbonyl (C=O) groups is 1. The predicted molar refractivity (Wildman–Crippen MR) is 137 cm³/mol. The summed E-state index contributed by atoms with van der Waals surface area (Å²) in [5, 5.41) is 9.35. The van der Waals surface area contributed by atoms with Gasteiger partial charge in [0.05, 0.1) is 17.1 Å². The summed E-state index contributed by atoms with van der Waals surface area (Å²) in [6, 6.07) is 17.5. The molecule has 0 aliphatic rings. The lowest BCUT2D eigenvalue weighted by molar-refractivity contribution is -0.113. The Balaban J connectivity index is 1.71. The molecule has 0 aliphatic heterocycles.